The number of urea groups is 1. The lowest BCUT2D eigenvalue weighted by molar-refractivity contribution is -0.158. The molecule has 0 saturated carbocycles. The lowest BCUT2D eigenvalue weighted by atomic mass is 9.74. The Morgan fingerprint density at radius 1 is 0.805 bits per heavy atom. The van der Waals surface area contributed by atoms with Crippen molar-refractivity contribution in [3.05, 3.63) is 44.9 Å². The first kappa shape index (κ1) is 34.3. The lowest BCUT2D eigenvalue weighted by Gasteiger charge is -2.44. The van der Waals surface area contributed by atoms with Crippen LogP contribution in [-0.4, -0.2) is 65.7 Å². The number of hydrogen-bond donors (Lipinski definition) is 4. The molecule has 0 spiro atoms. The molecule has 8 N–H and O–H groups in total. The van der Waals surface area contributed by atoms with Crippen LogP contribution in [0.3, 0.4) is 0 Å². The van der Waals surface area contributed by atoms with Gasteiger partial charge in [-0.25, -0.2) is 4.79 Å². The molecule has 4 amide bonds. The molecule has 1 aromatic carbocycles. The molecule has 1 aliphatic heterocycles. The molecule has 1 aliphatic rings. The fraction of sp³-hybridized carbons (Fsp3) is 0.536. The van der Waals surface area contributed by atoms with E-state index in [1.54, 1.807) is 0 Å². The highest BCUT2D eigenvalue weighted by Gasteiger charge is 2.56. The van der Waals surface area contributed by atoms with Crippen LogP contribution in [-0.2, 0) is 16.0 Å². The summed E-state index contributed by atoms with van der Waals surface area (Å²) in [5.74, 6) is -0.993. The number of carbonyl (C=O) groups is 3. The Hall–Kier alpha value is -2.93. The highest BCUT2D eigenvalue weighted by molar-refractivity contribution is 9.11. The lowest BCUT2D eigenvalue weighted by Crippen LogP contribution is -2.66. The fourth-order valence-electron chi connectivity index (χ4n) is 4.69. The Morgan fingerprint density at radius 3 is 1.78 bits per heavy atom. The summed E-state index contributed by atoms with van der Waals surface area (Å²) in [7, 11) is 0. The zero-order valence-electron chi connectivity index (χ0n) is 23.7. The first-order chi connectivity index (χ1) is 19.5. The van der Waals surface area contributed by atoms with Crippen molar-refractivity contribution < 1.29 is 14.4 Å². The number of rotatable bonds is 17. The van der Waals surface area contributed by atoms with Crippen molar-refractivity contribution in [1.29, 1.82) is 0 Å². The zero-order valence-corrected chi connectivity index (χ0v) is 26.8. The quantitative estimate of drug-likeness (QED) is 0.0627. The van der Waals surface area contributed by atoms with E-state index in [1.807, 2.05) is 30.4 Å². The third kappa shape index (κ3) is 10.4. The topological polar surface area (TPSA) is 186 Å². The summed E-state index contributed by atoms with van der Waals surface area (Å²) in [6.45, 7) is 3.17. The molecule has 1 saturated heterocycles. The van der Waals surface area contributed by atoms with Crippen molar-refractivity contribution in [2.45, 2.75) is 64.7 Å². The number of nitrogens with zero attached hydrogens (tertiary/aromatic N) is 4. The third-order valence-corrected chi connectivity index (χ3v) is 7.64. The average Bonchev–Trinajstić information content (AvgIpc) is 2.89. The highest BCUT2D eigenvalue weighted by Crippen LogP contribution is 2.38. The van der Waals surface area contributed by atoms with Gasteiger partial charge in [0, 0.05) is 35.1 Å². The van der Waals surface area contributed by atoms with Crippen molar-refractivity contribution in [2.24, 2.45) is 38.3 Å². The maximum absolute atomic E-state index is 14.2. The minimum absolute atomic E-state index is 0.0123. The number of imide groups is 2. The van der Waals surface area contributed by atoms with Gasteiger partial charge >= 0.3 is 6.03 Å². The molecule has 0 bridgehead atoms. The number of aliphatic imine (C=N–C) groups is 2. The number of unbranched alkanes of at least 4 members (excludes halogenated alkanes) is 4. The molecule has 2 rings (SSSR count). The van der Waals surface area contributed by atoms with Gasteiger partial charge in [-0.05, 0) is 68.7 Å². The fourth-order valence-corrected chi connectivity index (χ4v) is 6.07. The Morgan fingerprint density at radius 2 is 1.32 bits per heavy atom. The van der Waals surface area contributed by atoms with Gasteiger partial charge in [-0.3, -0.25) is 29.4 Å². The molecule has 226 valence electrons. The predicted molar refractivity (Wildman–Crippen MR) is 170 cm³/mol. The molecule has 0 unspecified atom stereocenters. The number of guanidine groups is 2. The maximum atomic E-state index is 14.2. The van der Waals surface area contributed by atoms with Crippen molar-refractivity contribution in [2.75, 3.05) is 26.2 Å². The molecule has 0 aliphatic carbocycles. The Kier molecular flexibility index (Phi) is 14.3. The number of barbiturate groups is 1. The number of benzene rings is 1. The first-order valence-electron chi connectivity index (χ1n) is 13.9. The predicted octanol–water partition coefficient (Wildman–Crippen LogP) is 3.78. The standard InChI is InChI=1S/C28H42Br2N8O3/c1-2-3-4-5-6-11-28(19-20-16-21(29)18-22(30)17-20)23(39)37(14-9-7-12-35-25(31)32)27(41)38(24(28)40)15-10-8-13-36-26(33)34/h5-6,16-18H,2-4,7-15,19H2,1H3,(H4,31,32,35)(H4,33,34,36)/b6-5+. The Labute approximate surface area is 259 Å². The van der Waals surface area contributed by atoms with Crippen LogP contribution < -0.4 is 22.9 Å². The smallest absolute Gasteiger partial charge is 0.333 e. The van der Waals surface area contributed by atoms with E-state index in [1.165, 1.54) is 9.80 Å². The molecule has 0 aromatic heterocycles. The van der Waals surface area contributed by atoms with E-state index < -0.39 is 23.3 Å². The van der Waals surface area contributed by atoms with Crippen LogP contribution in [0, 0.1) is 5.41 Å². The molecule has 1 aromatic rings. The van der Waals surface area contributed by atoms with E-state index in [2.05, 4.69) is 48.8 Å². The van der Waals surface area contributed by atoms with Gasteiger partial charge in [0.25, 0.3) is 0 Å². The number of hydrogen-bond acceptors (Lipinski definition) is 5. The zero-order chi connectivity index (χ0) is 30.4. The molecule has 0 radical (unpaired) electrons. The maximum Gasteiger partial charge on any atom is 0.333 e. The van der Waals surface area contributed by atoms with Crippen LogP contribution in [0.5, 0.6) is 0 Å². The molecule has 41 heavy (non-hydrogen) atoms. The van der Waals surface area contributed by atoms with Gasteiger partial charge < -0.3 is 22.9 Å². The van der Waals surface area contributed by atoms with Gasteiger partial charge in [0.1, 0.15) is 5.41 Å². The van der Waals surface area contributed by atoms with Crippen molar-refractivity contribution in [3.8, 4) is 0 Å². The summed E-state index contributed by atoms with van der Waals surface area (Å²) in [5, 5.41) is 0. The SMILES string of the molecule is CCCC/C=C/CC1(Cc2cc(Br)cc(Br)c2)C(=O)N(CCCCN=C(N)N)C(=O)N(CCCCN=C(N)N)C1=O. The van der Waals surface area contributed by atoms with Crippen molar-refractivity contribution in [1.82, 2.24) is 9.80 Å². The second-order valence-corrected chi connectivity index (χ2v) is 11.9. The number of nitrogens with two attached hydrogens (primary N) is 4. The van der Waals surface area contributed by atoms with E-state index in [4.69, 9.17) is 22.9 Å². The van der Waals surface area contributed by atoms with Crippen LogP contribution in [0.15, 0.2) is 49.3 Å². The van der Waals surface area contributed by atoms with Crippen LogP contribution in [0.2, 0.25) is 0 Å². The highest BCUT2D eigenvalue weighted by atomic mass is 79.9. The van der Waals surface area contributed by atoms with E-state index in [0.29, 0.717) is 38.8 Å². The summed E-state index contributed by atoms with van der Waals surface area (Å²) in [4.78, 5) is 52.4. The minimum Gasteiger partial charge on any atom is -0.370 e. The van der Waals surface area contributed by atoms with Gasteiger partial charge in [0.15, 0.2) is 11.9 Å². The van der Waals surface area contributed by atoms with E-state index in [9.17, 15) is 14.4 Å². The molecule has 1 heterocycles. The van der Waals surface area contributed by atoms with Gasteiger partial charge in [-0.2, -0.15) is 0 Å². The third-order valence-electron chi connectivity index (χ3n) is 6.72. The minimum atomic E-state index is -1.48. The van der Waals surface area contributed by atoms with Crippen molar-refractivity contribution >= 4 is 61.6 Å². The van der Waals surface area contributed by atoms with Gasteiger partial charge in [0.2, 0.25) is 11.8 Å². The Balaban J connectivity index is 2.46. The van der Waals surface area contributed by atoms with E-state index >= 15 is 0 Å². The number of allylic oxidation sites excluding steroid dienone is 2. The normalized spacial score (nSPS) is 15.0. The van der Waals surface area contributed by atoms with Gasteiger partial charge in [-0.1, -0.05) is 63.8 Å². The summed E-state index contributed by atoms with van der Waals surface area (Å²) >= 11 is 7.02. The summed E-state index contributed by atoms with van der Waals surface area (Å²) in [6.07, 6.45) is 9.26. The molecular formula is C28H42Br2N8O3. The number of amides is 4. The number of carbonyl (C=O) groups excluding carboxylic acids is 3. The molecular weight excluding hydrogens is 656 g/mol. The monoisotopic (exact) mass is 696 g/mol. The van der Waals surface area contributed by atoms with Crippen LogP contribution >= 0.6 is 31.9 Å². The first-order valence-corrected chi connectivity index (χ1v) is 15.5. The summed E-state index contributed by atoms with van der Waals surface area (Å²) in [6, 6.07) is 5.07. The summed E-state index contributed by atoms with van der Waals surface area (Å²) < 4.78 is 1.63. The van der Waals surface area contributed by atoms with Gasteiger partial charge in [0.05, 0.1) is 0 Å². The number of halogens is 2. The second kappa shape index (κ2) is 17.1. The largest absolute Gasteiger partial charge is 0.370 e. The molecule has 0 atom stereocenters. The molecule has 11 nitrogen and oxygen atoms in total. The van der Waals surface area contributed by atoms with Crippen LogP contribution in [0.4, 0.5) is 4.79 Å². The Bertz CT molecular complexity index is 1080. The average molecular weight is 699 g/mol. The van der Waals surface area contributed by atoms with Crippen molar-refractivity contribution in [3.63, 3.8) is 0 Å². The molecule has 13 heteroatoms. The second-order valence-electron chi connectivity index (χ2n) is 10.1. The van der Waals surface area contributed by atoms with Crippen LogP contribution in [0.1, 0.15) is 63.9 Å². The summed E-state index contributed by atoms with van der Waals surface area (Å²) in [5.41, 5.74) is 21.0. The van der Waals surface area contributed by atoms with Gasteiger partial charge in [-0.15, -0.1) is 0 Å². The van der Waals surface area contributed by atoms with E-state index in [0.717, 1.165) is 33.8 Å². The van der Waals surface area contributed by atoms with Crippen LogP contribution in [0.25, 0.3) is 0 Å². The molecule has 1 fully saturated rings. The van der Waals surface area contributed by atoms with E-state index in [-0.39, 0.29) is 37.9 Å².